The van der Waals surface area contributed by atoms with Crippen LogP contribution in [0.15, 0.2) is 24.3 Å². The predicted octanol–water partition coefficient (Wildman–Crippen LogP) is 3.45. The van der Waals surface area contributed by atoms with Crippen molar-refractivity contribution in [3.05, 3.63) is 27.8 Å². The second-order valence-electron chi connectivity index (χ2n) is 5.32. The first-order valence-corrected chi connectivity index (χ1v) is 8.20. The molecule has 1 aliphatic rings. The molecule has 0 radical (unpaired) electrons. The fourth-order valence-electron chi connectivity index (χ4n) is 2.69. The van der Waals surface area contributed by atoms with E-state index in [-0.39, 0.29) is 5.92 Å². The van der Waals surface area contributed by atoms with Crippen molar-refractivity contribution in [3.63, 3.8) is 0 Å². The summed E-state index contributed by atoms with van der Waals surface area (Å²) < 4.78 is 1.07. The molecule has 1 aromatic rings. The third-order valence-corrected chi connectivity index (χ3v) is 4.50. The molecule has 1 fully saturated rings. The fourth-order valence-corrected chi connectivity index (χ4v) is 3.05. The normalized spacial score (nSPS) is 17.0. The van der Waals surface area contributed by atoms with Crippen LogP contribution >= 0.6 is 22.6 Å². The second-order valence-corrected chi connectivity index (χ2v) is 6.56. The minimum absolute atomic E-state index is 0.0266. The van der Waals surface area contributed by atoms with Crippen molar-refractivity contribution >= 4 is 40.3 Å². The highest BCUT2D eigenvalue weighted by Gasteiger charge is 2.30. The molecule has 0 aliphatic heterocycles. The molecular weight excluding hydrogens is 383 g/mol. The Bertz CT molecular complexity index is 498. The number of amides is 2. The molecule has 0 heterocycles. The van der Waals surface area contributed by atoms with Crippen LogP contribution in [0.5, 0.6) is 0 Å². The van der Waals surface area contributed by atoms with E-state index in [9.17, 15) is 14.7 Å². The molecule has 0 saturated heterocycles. The fraction of sp³-hybridized carbons (Fsp3) is 0.467. The zero-order chi connectivity index (χ0) is 15.2. The molecule has 3 N–H and O–H groups in total. The summed E-state index contributed by atoms with van der Waals surface area (Å²) >= 11 is 2.18. The van der Waals surface area contributed by atoms with E-state index in [1.807, 2.05) is 12.1 Å². The maximum Gasteiger partial charge on any atom is 0.326 e. The van der Waals surface area contributed by atoms with Gasteiger partial charge in [-0.1, -0.05) is 19.3 Å². The Labute approximate surface area is 137 Å². The monoisotopic (exact) mass is 402 g/mol. The van der Waals surface area contributed by atoms with Crippen LogP contribution in [-0.2, 0) is 4.79 Å². The number of aliphatic carboxylic acids is 1. The second kappa shape index (κ2) is 7.63. The average molecular weight is 402 g/mol. The first-order chi connectivity index (χ1) is 10.1. The van der Waals surface area contributed by atoms with Crippen molar-refractivity contribution in [1.82, 2.24) is 5.32 Å². The molecule has 1 unspecified atom stereocenters. The minimum atomic E-state index is -0.959. The molecule has 0 bridgehead atoms. The van der Waals surface area contributed by atoms with Gasteiger partial charge in [0.1, 0.15) is 6.04 Å². The maximum absolute atomic E-state index is 12.0. The Morgan fingerprint density at radius 1 is 1.14 bits per heavy atom. The van der Waals surface area contributed by atoms with E-state index in [2.05, 4.69) is 33.2 Å². The number of urea groups is 1. The van der Waals surface area contributed by atoms with Gasteiger partial charge in [0, 0.05) is 9.26 Å². The quantitative estimate of drug-likeness (QED) is 0.676. The standard InChI is InChI=1S/C15H19IN2O3/c16-11-6-8-12(9-7-11)17-15(21)18-13(14(19)20)10-4-2-1-3-5-10/h6-10,13H,1-5H2,(H,19,20)(H2,17,18,21). The van der Waals surface area contributed by atoms with Gasteiger partial charge in [0.2, 0.25) is 0 Å². The topological polar surface area (TPSA) is 78.4 Å². The smallest absolute Gasteiger partial charge is 0.326 e. The van der Waals surface area contributed by atoms with Crippen LogP contribution in [0.2, 0.25) is 0 Å². The number of halogens is 1. The van der Waals surface area contributed by atoms with Gasteiger partial charge in [-0.2, -0.15) is 0 Å². The molecule has 6 heteroatoms. The molecular formula is C15H19IN2O3. The van der Waals surface area contributed by atoms with Gasteiger partial charge >= 0.3 is 12.0 Å². The van der Waals surface area contributed by atoms with Crippen LogP contribution in [-0.4, -0.2) is 23.1 Å². The Morgan fingerprint density at radius 3 is 2.33 bits per heavy atom. The summed E-state index contributed by atoms with van der Waals surface area (Å²) in [6, 6.07) is 6.07. The van der Waals surface area contributed by atoms with Gasteiger partial charge in [0.25, 0.3) is 0 Å². The number of carboxylic acid groups (broad SMARTS) is 1. The molecule has 0 spiro atoms. The third kappa shape index (κ3) is 4.87. The molecule has 1 saturated carbocycles. The molecule has 2 rings (SSSR count). The Morgan fingerprint density at radius 2 is 1.76 bits per heavy atom. The first kappa shape index (κ1) is 16.1. The molecule has 1 aliphatic carbocycles. The Kier molecular flexibility index (Phi) is 5.84. The number of rotatable bonds is 4. The lowest BCUT2D eigenvalue weighted by Gasteiger charge is -2.28. The number of nitrogens with one attached hydrogen (secondary N) is 2. The van der Waals surface area contributed by atoms with Crippen LogP contribution in [0, 0.1) is 9.49 Å². The minimum Gasteiger partial charge on any atom is -0.480 e. The molecule has 1 atom stereocenters. The number of hydrogen-bond acceptors (Lipinski definition) is 2. The van der Waals surface area contributed by atoms with Gasteiger partial charge in [-0.15, -0.1) is 0 Å². The van der Waals surface area contributed by atoms with Crippen molar-refractivity contribution in [2.45, 2.75) is 38.1 Å². The van der Waals surface area contributed by atoms with E-state index >= 15 is 0 Å². The summed E-state index contributed by atoms with van der Waals surface area (Å²) in [7, 11) is 0. The maximum atomic E-state index is 12.0. The van der Waals surface area contributed by atoms with Gasteiger partial charge in [-0.25, -0.2) is 9.59 Å². The molecule has 114 valence electrons. The average Bonchev–Trinajstić information content (AvgIpc) is 2.48. The van der Waals surface area contributed by atoms with Gasteiger partial charge in [-0.05, 0) is 65.6 Å². The van der Waals surface area contributed by atoms with E-state index in [1.165, 1.54) is 0 Å². The van der Waals surface area contributed by atoms with Gasteiger partial charge < -0.3 is 15.7 Å². The van der Waals surface area contributed by atoms with E-state index in [4.69, 9.17) is 0 Å². The molecule has 21 heavy (non-hydrogen) atoms. The summed E-state index contributed by atoms with van der Waals surface area (Å²) in [6.45, 7) is 0. The lowest BCUT2D eigenvalue weighted by atomic mass is 9.84. The number of carbonyl (C=O) groups is 2. The Hall–Kier alpha value is -1.31. The van der Waals surface area contributed by atoms with E-state index in [1.54, 1.807) is 12.1 Å². The van der Waals surface area contributed by atoms with Gasteiger partial charge in [0.05, 0.1) is 0 Å². The highest BCUT2D eigenvalue weighted by molar-refractivity contribution is 14.1. The van der Waals surface area contributed by atoms with E-state index in [0.29, 0.717) is 5.69 Å². The highest BCUT2D eigenvalue weighted by atomic mass is 127. The summed E-state index contributed by atoms with van der Waals surface area (Å²) in [5, 5.41) is 14.6. The summed E-state index contributed by atoms with van der Waals surface area (Å²) in [5.41, 5.74) is 0.653. The largest absolute Gasteiger partial charge is 0.480 e. The third-order valence-electron chi connectivity index (χ3n) is 3.78. The number of hydrogen-bond donors (Lipinski definition) is 3. The first-order valence-electron chi connectivity index (χ1n) is 7.12. The SMILES string of the molecule is O=C(Nc1ccc(I)cc1)NC(C(=O)O)C1CCCCC1. The van der Waals surface area contributed by atoms with Crippen LogP contribution in [0.4, 0.5) is 10.5 Å². The molecule has 5 nitrogen and oxygen atoms in total. The lowest BCUT2D eigenvalue weighted by molar-refractivity contribution is -0.141. The number of carbonyl (C=O) groups excluding carboxylic acids is 1. The number of benzene rings is 1. The van der Waals surface area contributed by atoms with Gasteiger partial charge in [-0.3, -0.25) is 0 Å². The van der Waals surface area contributed by atoms with Crippen molar-refractivity contribution in [1.29, 1.82) is 0 Å². The van der Waals surface area contributed by atoms with Crippen molar-refractivity contribution in [2.24, 2.45) is 5.92 Å². The predicted molar refractivity (Wildman–Crippen MR) is 89.3 cm³/mol. The number of anilines is 1. The van der Waals surface area contributed by atoms with Gasteiger partial charge in [0.15, 0.2) is 0 Å². The molecule has 2 amide bonds. The van der Waals surface area contributed by atoms with Crippen LogP contribution < -0.4 is 10.6 Å². The van der Waals surface area contributed by atoms with Crippen LogP contribution in [0.25, 0.3) is 0 Å². The zero-order valence-corrected chi connectivity index (χ0v) is 13.8. The van der Waals surface area contributed by atoms with Crippen LogP contribution in [0.3, 0.4) is 0 Å². The number of carboxylic acids is 1. The summed E-state index contributed by atoms with van der Waals surface area (Å²) in [4.78, 5) is 23.4. The van der Waals surface area contributed by atoms with E-state index in [0.717, 1.165) is 35.7 Å². The summed E-state index contributed by atoms with van der Waals surface area (Å²) in [6.07, 6.45) is 4.95. The summed E-state index contributed by atoms with van der Waals surface area (Å²) in [5.74, 6) is -0.932. The zero-order valence-electron chi connectivity index (χ0n) is 11.6. The molecule has 0 aromatic heterocycles. The highest BCUT2D eigenvalue weighted by Crippen LogP contribution is 2.26. The van der Waals surface area contributed by atoms with Crippen LogP contribution in [0.1, 0.15) is 32.1 Å². The lowest BCUT2D eigenvalue weighted by Crippen LogP contribution is -2.48. The van der Waals surface area contributed by atoms with Crippen molar-refractivity contribution < 1.29 is 14.7 Å². The van der Waals surface area contributed by atoms with Crippen molar-refractivity contribution in [3.8, 4) is 0 Å². The molecule has 1 aromatic carbocycles. The van der Waals surface area contributed by atoms with Crippen molar-refractivity contribution in [2.75, 3.05) is 5.32 Å². The van der Waals surface area contributed by atoms with E-state index < -0.39 is 18.0 Å². The Balaban J connectivity index is 1.94.